The summed E-state index contributed by atoms with van der Waals surface area (Å²) in [6.07, 6.45) is 1.43. The van der Waals surface area contributed by atoms with Gasteiger partial charge in [-0.15, -0.1) is 0 Å². The number of aliphatic hydroxyl groups excluding tert-OH is 1. The lowest BCUT2D eigenvalue weighted by Crippen LogP contribution is -2.11. The van der Waals surface area contributed by atoms with Crippen molar-refractivity contribution < 1.29 is 9.90 Å². The van der Waals surface area contributed by atoms with E-state index >= 15 is 0 Å². The van der Waals surface area contributed by atoms with E-state index in [1.165, 1.54) is 6.33 Å². The maximum absolute atomic E-state index is 12.2. The fourth-order valence-electron chi connectivity index (χ4n) is 2.33. The van der Waals surface area contributed by atoms with Gasteiger partial charge in [0.15, 0.2) is 0 Å². The summed E-state index contributed by atoms with van der Waals surface area (Å²) < 4.78 is 0. The minimum Gasteiger partial charge on any atom is -0.399 e. The highest BCUT2D eigenvalue weighted by Gasteiger charge is 2.06. The van der Waals surface area contributed by atoms with Crippen molar-refractivity contribution >= 4 is 34.6 Å². The number of nitrogens with zero attached hydrogens (tertiary/aromatic N) is 2. The Labute approximate surface area is 156 Å². The van der Waals surface area contributed by atoms with E-state index in [1.54, 1.807) is 42.5 Å². The van der Waals surface area contributed by atoms with Gasteiger partial charge in [0.1, 0.15) is 18.0 Å². The molecule has 0 aliphatic carbocycles. The van der Waals surface area contributed by atoms with E-state index in [2.05, 4.69) is 25.9 Å². The lowest BCUT2D eigenvalue weighted by atomic mass is 10.2. The Morgan fingerprint density at radius 1 is 0.963 bits per heavy atom. The maximum atomic E-state index is 12.2. The lowest BCUT2D eigenvalue weighted by Gasteiger charge is -2.09. The number of benzene rings is 2. The van der Waals surface area contributed by atoms with Crippen LogP contribution in [-0.2, 0) is 0 Å². The average Bonchev–Trinajstić information content (AvgIpc) is 2.69. The minimum atomic E-state index is -0.203. The van der Waals surface area contributed by atoms with Crippen molar-refractivity contribution in [1.29, 1.82) is 0 Å². The second-order valence-electron chi connectivity index (χ2n) is 5.72. The van der Waals surface area contributed by atoms with Gasteiger partial charge in [-0.2, -0.15) is 0 Å². The minimum absolute atomic E-state index is 0.0241. The second kappa shape index (κ2) is 8.63. The predicted molar refractivity (Wildman–Crippen MR) is 106 cm³/mol. The second-order valence-corrected chi connectivity index (χ2v) is 5.72. The molecular weight excluding hydrogens is 344 g/mol. The summed E-state index contributed by atoms with van der Waals surface area (Å²) in [6.45, 7) is 0.440. The maximum Gasteiger partial charge on any atom is 0.255 e. The molecule has 0 aliphatic rings. The summed E-state index contributed by atoms with van der Waals surface area (Å²) in [6, 6.07) is 15.7. The largest absolute Gasteiger partial charge is 0.399 e. The molecule has 6 N–H and O–H groups in total. The van der Waals surface area contributed by atoms with Gasteiger partial charge in [0, 0.05) is 35.2 Å². The third-order valence-electron chi connectivity index (χ3n) is 3.67. The monoisotopic (exact) mass is 364 g/mol. The molecule has 1 heterocycles. The number of hydrogen-bond acceptors (Lipinski definition) is 7. The molecule has 8 nitrogen and oxygen atoms in total. The van der Waals surface area contributed by atoms with Crippen LogP contribution in [0.4, 0.5) is 28.7 Å². The molecule has 0 aliphatic heterocycles. The molecule has 0 saturated carbocycles. The Morgan fingerprint density at radius 2 is 1.63 bits per heavy atom. The standard InChI is InChI=1S/C19H20N6O2/c20-14-3-1-13(2-4-14)19(27)25-16-7-5-15(6-8-16)24-18-11-17(21-9-10-26)22-12-23-18/h1-8,11-12,26H,9-10,20H2,(H,25,27)(H2,21,22,23,24). The Kier molecular flexibility index (Phi) is 5.80. The number of nitrogens with two attached hydrogens (primary N) is 1. The zero-order chi connectivity index (χ0) is 19.1. The molecule has 27 heavy (non-hydrogen) atoms. The first kappa shape index (κ1) is 18.2. The molecule has 138 valence electrons. The van der Waals surface area contributed by atoms with Crippen LogP contribution in [-0.4, -0.2) is 34.1 Å². The fourth-order valence-corrected chi connectivity index (χ4v) is 2.33. The van der Waals surface area contributed by atoms with Gasteiger partial charge in [-0.25, -0.2) is 9.97 Å². The third kappa shape index (κ3) is 5.16. The molecular formula is C19H20N6O2. The van der Waals surface area contributed by atoms with Gasteiger partial charge in [0.2, 0.25) is 0 Å². The highest BCUT2D eigenvalue weighted by molar-refractivity contribution is 6.04. The summed E-state index contributed by atoms with van der Waals surface area (Å²) in [5.41, 5.74) is 8.27. The summed E-state index contributed by atoms with van der Waals surface area (Å²) >= 11 is 0. The Bertz CT molecular complexity index is 897. The van der Waals surface area contributed by atoms with E-state index in [0.29, 0.717) is 35.1 Å². The normalized spacial score (nSPS) is 10.3. The number of nitrogen functional groups attached to an aromatic ring is 1. The number of aromatic nitrogens is 2. The van der Waals surface area contributed by atoms with E-state index in [9.17, 15) is 4.79 Å². The Morgan fingerprint density at radius 3 is 2.33 bits per heavy atom. The van der Waals surface area contributed by atoms with Crippen LogP contribution in [0.25, 0.3) is 0 Å². The number of carbonyl (C=O) groups is 1. The molecule has 0 bridgehead atoms. The molecule has 3 aromatic rings. The van der Waals surface area contributed by atoms with Gasteiger partial charge in [-0.1, -0.05) is 0 Å². The molecule has 0 fully saturated rings. The molecule has 0 unspecified atom stereocenters. The van der Waals surface area contributed by atoms with Gasteiger partial charge in [-0.05, 0) is 48.5 Å². The van der Waals surface area contributed by atoms with Gasteiger partial charge in [0.05, 0.1) is 6.61 Å². The topological polar surface area (TPSA) is 125 Å². The third-order valence-corrected chi connectivity index (χ3v) is 3.67. The van der Waals surface area contributed by atoms with Crippen molar-refractivity contribution in [2.24, 2.45) is 0 Å². The van der Waals surface area contributed by atoms with Crippen LogP contribution in [0.1, 0.15) is 10.4 Å². The van der Waals surface area contributed by atoms with Crippen molar-refractivity contribution in [3.63, 3.8) is 0 Å². The summed E-state index contributed by atoms with van der Waals surface area (Å²) in [5, 5.41) is 17.8. The first-order valence-corrected chi connectivity index (χ1v) is 8.35. The lowest BCUT2D eigenvalue weighted by molar-refractivity contribution is 0.102. The SMILES string of the molecule is Nc1ccc(C(=O)Nc2ccc(Nc3cc(NCCO)ncn3)cc2)cc1. The quantitative estimate of drug-likeness (QED) is 0.408. The highest BCUT2D eigenvalue weighted by atomic mass is 16.3. The number of carbonyl (C=O) groups excluding carboxylic acids is 1. The van der Waals surface area contributed by atoms with Gasteiger partial charge in [0.25, 0.3) is 5.91 Å². The van der Waals surface area contributed by atoms with Crippen molar-refractivity contribution in [3.8, 4) is 0 Å². The zero-order valence-corrected chi connectivity index (χ0v) is 14.5. The highest BCUT2D eigenvalue weighted by Crippen LogP contribution is 2.19. The van der Waals surface area contributed by atoms with Gasteiger partial charge < -0.3 is 26.8 Å². The first-order valence-electron chi connectivity index (χ1n) is 8.35. The van der Waals surface area contributed by atoms with Crippen LogP contribution in [0.15, 0.2) is 60.9 Å². The average molecular weight is 364 g/mol. The molecule has 0 saturated heterocycles. The van der Waals surface area contributed by atoms with Crippen LogP contribution < -0.4 is 21.7 Å². The van der Waals surface area contributed by atoms with Crippen molar-refractivity contribution in [2.75, 3.05) is 34.8 Å². The van der Waals surface area contributed by atoms with E-state index in [1.807, 2.05) is 12.1 Å². The summed E-state index contributed by atoms with van der Waals surface area (Å²) in [4.78, 5) is 20.4. The number of rotatable bonds is 7. The van der Waals surface area contributed by atoms with Crippen LogP contribution in [0.2, 0.25) is 0 Å². The summed E-state index contributed by atoms with van der Waals surface area (Å²) in [5.74, 6) is 1.03. The van der Waals surface area contributed by atoms with Crippen LogP contribution in [0, 0.1) is 0 Å². The predicted octanol–water partition coefficient (Wildman–Crippen LogP) is 2.46. The van der Waals surface area contributed by atoms with Crippen LogP contribution in [0.3, 0.4) is 0 Å². The molecule has 0 atom stereocenters. The Balaban J connectivity index is 1.61. The van der Waals surface area contributed by atoms with Crippen molar-refractivity contribution in [3.05, 3.63) is 66.5 Å². The molecule has 0 radical (unpaired) electrons. The van der Waals surface area contributed by atoms with Crippen LogP contribution >= 0.6 is 0 Å². The van der Waals surface area contributed by atoms with Crippen molar-refractivity contribution in [2.45, 2.75) is 0 Å². The van der Waals surface area contributed by atoms with Crippen molar-refractivity contribution in [1.82, 2.24) is 9.97 Å². The molecule has 8 heteroatoms. The van der Waals surface area contributed by atoms with E-state index in [-0.39, 0.29) is 12.5 Å². The van der Waals surface area contributed by atoms with Gasteiger partial charge >= 0.3 is 0 Å². The number of anilines is 5. The van der Waals surface area contributed by atoms with Crippen LogP contribution in [0.5, 0.6) is 0 Å². The van der Waals surface area contributed by atoms with Gasteiger partial charge in [-0.3, -0.25) is 4.79 Å². The van der Waals surface area contributed by atoms with E-state index in [0.717, 1.165) is 5.69 Å². The molecule has 0 spiro atoms. The molecule has 3 rings (SSSR count). The first-order chi connectivity index (χ1) is 13.1. The number of nitrogens with one attached hydrogen (secondary N) is 3. The number of amides is 1. The molecule has 2 aromatic carbocycles. The van der Waals surface area contributed by atoms with E-state index in [4.69, 9.17) is 10.8 Å². The number of aliphatic hydroxyl groups is 1. The smallest absolute Gasteiger partial charge is 0.255 e. The molecule has 1 aromatic heterocycles. The summed E-state index contributed by atoms with van der Waals surface area (Å²) in [7, 11) is 0. The van der Waals surface area contributed by atoms with E-state index < -0.39 is 0 Å². The fraction of sp³-hybridized carbons (Fsp3) is 0.105. The number of hydrogen-bond donors (Lipinski definition) is 5. The Hall–Kier alpha value is -3.65. The zero-order valence-electron chi connectivity index (χ0n) is 14.5. The molecule has 1 amide bonds.